The molecule has 0 unspecified atom stereocenters. The Hall–Kier alpha value is -2.48. The van der Waals surface area contributed by atoms with E-state index >= 15 is 0 Å². The molecule has 0 spiro atoms. The van der Waals surface area contributed by atoms with Crippen molar-refractivity contribution in [3.8, 4) is 5.75 Å². The van der Waals surface area contributed by atoms with Crippen LogP contribution in [0, 0.1) is 22.0 Å². The lowest BCUT2D eigenvalue weighted by molar-refractivity contribution is -0.385. The molecule has 6 nitrogen and oxygen atoms in total. The van der Waals surface area contributed by atoms with Crippen LogP contribution in [0.1, 0.15) is 0 Å². The molecule has 0 aliphatic carbocycles. The van der Waals surface area contributed by atoms with Gasteiger partial charge in [-0.05, 0) is 42.5 Å². The van der Waals surface area contributed by atoms with E-state index in [0.717, 1.165) is 36.4 Å². The number of hydrogen-bond acceptors (Lipinski definition) is 5. The van der Waals surface area contributed by atoms with Crippen molar-refractivity contribution in [3.05, 3.63) is 64.5 Å². The summed E-state index contributed by atoms with van der Waals surface area (Å²) in [6, 6.07) is 9.75. The minimum absolute atomic E-state index is 0.308. The van der Waals surface area contributed by atoms with Crippen LogP contribution in [0.25, 0.3) is 0 Å². The Labute approximate surface area is 113 Å². The molecular formula is C12H7FNO5S. The van der Waals surface area contributed by atoms with Gasteiger partial charge in [0, 0.05) is 6.07 Å². The van der Waals surface area contributed by atoms with Gasteiger partial charge in [0.15, 0.2) is 0 Å². The van der Waals surface area contributed by atoms with Gasteiger partial charge in [-0.25, -0.2) is 4.39 Å². The monoisotopic (exact) mass is 296 g/mol. The van der Waals surface area contributed by atoms with E-state index < -0.39 is 32.3 Å². The van der Waals surface area contributed by atoms with Crippen LogP contribution in [0.4, 0.5) is 10.1 Å². The third-order valence-electron chi connectivity index (χ3n) is 2.30. The topological polar surface area (TPSA) is 86.5 Å². The Bertz CT molecular complexity index is 743. The third-order valence-corrected chi connectivity index (χ3v) is 3.55. The zero-order chi connectivity index (χ0) is 14.8. The van der Waals surface area contributed by atoms with Gasteiger partial charge in [-0.15, -0.1) is 0 Å². The Kier molecular flexibility index (Phi) is 3.66. The molecule has 20 heavy (non-hydrogen) atoms. The van der Waals surface area contributed by atoms with E-state index in [-0.39, 0.29) is 4.90 Å². The normalized spacial score (nSPS) is 11.1. The average Bonchev–Trinajstić information content (AvgIpc) is 2.39. The number of halogens is 1. The highest BCUT2D eigenvalue weighted by molar-refractivity contribution is 7.87. The predicted molar refractivity (Wildman–Crippen MR) is 66.1 cm³/mol. The molecule has 0 heterocycles. The summed E-state index contributed by atoms with van der Waals surface area (Å²) in [4.78, 5) is 9.67. The first-order valence-electron chi connectivity index (χ1n) is 5.25. The molecule has 1 radical (unpaired) electrons. The Morgan fingerprint density at radius 3 is 2.45 bits per heavy atom. The summed E-state index contributed by atoms with van der Waals surface area (Å²) in [5.41, 5.74) is -0.505. The van der Waals surface area contributed by atoms with E-state index in [9.17, 15) is 22.9 Å². The van der Waals surface area contributed by atoms with Gasteiger partial charge in [-0.3, -0.25) is 10.1 Å². The fraction of sp³-hybridized carbons (Fsp3) is 0. The van der Waals surface area contributed by atoms with Gasteiger partial charge in [0.2, 0.25) is 5.75 Å². The maximum Gasteiger partial charge on any atom is 0.339 e. The van der Waals surface area contributed by atoms with Crippen molar-refractivity contribution in [2.24, 2.45) is 0 Å². The first kappa shape index (κ1) is 13.9. The lowest BCUT2D eigenvalue weighted by Gasteiger charge is -2.06. The van der Waals surface area contributed by atoms with Gasteiger partial charge < -0.3 is 4.18 Å². The summed E-state index contributed by atoms with van der Waals surface area (Å²) < 4.78 is 41.3. The van der Waals surface area contributed by atoms with Gasteiger partial charge in [0.25, 0.3) is 0 Å². The summed E-state index contributed by atoms with van der Waals surface area (Å²) in [6.07, 6.45) is 0. The summed E-state index contributed by atoms with van der Waals surface area (Å²) in [6.45, 7) is 0. The fourth-order valence-corrected chi connectivity index (χ4v) is 2.33. The number of nitro benzene ring substituents is 1. The minimum Gasteiger partial charge on any atom is -0.372 e. The number of nitrogens with zero attached hydrogens (tertiary/aromatic N) is 1. The molecule has 2 aromatic rings. The number of benzene rings is 2. The van der Waals surface area contributed by atoms with Crippen molar-refractivity contribution in [1.29, 1.82) is 0 Å². The van der Waals surface area contributed by atoms with Crippen LogP contribution in [0.3, 0.4) is 0 Å². The highest BCUT2D eigenvalue weighted by atomic mass is 32.2. The summed E-state index contributed by atoms with van der Waals surface area (Å²) in [5, 5.41) is 10.8. The second-order valence-corrected chi connectivity index (χ2v) is 5.19. The van der Waals surface area contributed by atoms with E-state index in [0.29, 0.717) is 0 Å². The summed E-state index contributed by atoms with van der Waals surface area (Å²) in [5.74, 6) is -1.06. The van der Waals surface area contributed by atoms with Gasteiger partial charge in [0.05, 0.1) is 4.92 Å². The summed E-state index contributed by atoms with van der Waals surface area (Å²) in [7, 11) is -4.28. The van der Waals surface area contributed by atoms with Crippen LogP contribution in [-0.4, -0.2) is 13.3 Å². The SMILES string of the molecule is O=[N+]([O-])c1cc[c]cc1OS(=O)(=O)c1ccc(F)cc1. The maximum absolute atomic E-state index is 12.7. The standard InChI is InChI=1S/C12H7FNO5S/c13-9-5-7-10(8-6-9)20(17,18)19-12-4-2-1-3-11(12)14(15)16/h1,3-8H. The predicted octanol–water partition coefficient (Wildman–Crippen LogP) is 2.30. The van der Waals surface area contributed by atoms with Crippen molar-refractivity contribution >= 4 is 15.8 Å². The van der Waals surface area contributed by atoms with Crippen LogP contribution < -0.4 is 4.18 Å². The molecule has 0 amide bonds. The summed E-state index contributed by atoms with van der Waals surface area (Å²) >= 11 is 0. The molecule has 0 aliphatic rings. The van der Waals surface area contributed by atoms with Gasteiger partial charge in [-0.2, -0.15) is 8.42 Å². The minimum atomic E-state index is -4.28. The molecule has 0 aliphatic heterocycles. The van der Waals surface area contributed by atoms with E-state index in [4.69, 9.17) is 4.18 Å². The largest absolute Gasteiger partial charge is 0.372 e. The van der Waals surface area contributed by atoms with Crippen LogP contribution in [0.15, 0.2) is 47.4 Å². The Balaban J connectivity index is 2.38. The number of rotatable bonds is 4. The molecule has 0 atom stereocenters. The quantitative estimate of drug-likeness (QED) is 0.491. The molecule has 0 aromatic heterocycles. The van der Waals surface area contributed by atoms with Crippen molar-refractivity contribution in [2.75, 3.05) is 0 Å². The van der Waals surface area contributed by atoms with Crippen LogP contribution in [0.5, 0.6) is 5.75 Å². The molecule has 0 saturated heterocycles. The number of nitro groups is 1. The molecule has 0 fully saturated rings. The van der Waals surface area contributed by atoms with Crippen LogP contribution >= 0.6 is 0 Å². The maximum atomic E-state index is 12.7. The molecule has 0 N–H and O–H groups in total. The Morgan fingerprint density at radius 1 is 1.20 bits per heavy atom. The highest BCUT2D eigenvalue weighted by Gasteiger charge is 2.22. The molecule has 8 heteroatoms. The molecule has 103 valence electrons. The van der Waals surface area contributed by atoms with Gasteiger partial charge in [0.1, 0.15) is 10.7 Å². The van der Waals surface area contributed by atoms with E-state index in [1.807, 2.05) is 0 Å². The van der Waals surface area contributed by atoms with Crippen molar-refractivity contribution in [3.63, 3.8) is 0 Å². The molecule has 0 bridgehead atoms. The Morgan fingerprint density at radius 2 is 1.85 bits per heavy atom. The first-order valence-corrected chi connectivity index (χ1v) is 6.65. The lowest BCUT2D eigenvalue weighted by atomic mass is 10.3. The molecule has 2 rings (SSSR count). The molecule has 2 aromatic carbocycles. The van der Waals surface area contributed by atoms with Crippen LogP contribution in [0.2, 0.25) is 0 Å². The fourth-order valence-electron chi connectivity index (χ4n) is 1.39. The smallest absolute Gasteiger partial charge is 0.339 e. The molecular weight excluding hydrogens is 289 g/mol. The van der Waals surface area contributed by atoms with E-state index in [2.05, 4.69) is 6.07 Å². The first-order chi connectivity index (χ1) is 9.40. The van der Waals surface area contributed by atoms with E-state index in [1.165, 1.54) is 6.07 Å². The second kappa shape index (κ2) is 5.25. The average molecular weight is 296 g/mol. The van der Waals surface area contributed by atoms with Crippen molar-refractivity contribution < 1.29 is 21.9 Å². The highest BCUT2D eigenvalue weighted by Crippen LogP contribution is 2.28. The lowest BCUT2D eigenvalue weighted by Crippen LogP contribution is -2.10. The van der Waals surface area contributed by atoms with Gasteiger partial charge in [-0.1, -0.05) is 0 Å². The number of hydrogen-bond donors (Lipinski definition) is 0. The zero-order valence-corrected chi connectivity index (χ0v) is 10.6. The third kappa shape index (κ3) is 2.91. The molecule has 0 saturated carbocycles. The second-order valence-electron chi connectivity index (χ2n) is 3.64. The van der Waals surface area contributed by atoms with E-state index in [1.54, 1.807) is 0 Å². The van der Waals surface area contributed by atoms with Gasteiger partial charge >= 0.3 is 15.8 Å². The van der Waals surface area contributed by atoms with Crippen molar-refractivity contribution in [1.82, 2.24) is 0 Å². The van der Waals surface area contributed by atoms with Crippen molar-refractivity contribution in [2.45, 2.75) is 4.90 Å². The van der Waals surface area contributed by atoms with Crippen LogP contribution in [-0.2, 0) is 10.1 Å². The zero-order valence-electron chi connectivity index (χ0n) is 9.82.